The minimum atomic E-state index is -1.17. The molecule has 19 heavy (non-hydrogen) atoms. The topological polar surface area (TPSA) is 76.3 Å². The number of nitrogens with zero attached hydrogens (tertiary/aromatic N) is 1. The second-order valence-corrected chi connectivity index (χ2v) is 4.83. The van der Waals surface area contributed by atoms with Crippen molar-refractivity contribution in [2.75, 3.05) is 18.5 Å². The molecule has 0 fully saturated rings. The van der Waals surface area contributed by atoms with Crippen molar-refractivity contribution in [3.63, 3.8) is 0 Å². The van der Waals surface area contributed by atoms with E-state index in [0.717, 1.165) is 16.5 Å². The number of anilines is 1. The minimum absolute atomic E-state index is 0.236. The van der Waals surface area contributed by atoms with Crippen molar-refractivity contribution in [2.45, 2.75) is 12.5 Å². The van der Waals surface area contributed by atoms with E-state index in [9.17, 15) is 5.11 Å². The van der Waals surface area contributed by atoms with Gasteiger partial charge in [-0.3, -0.25) is 0 Å². The Hall–Kier alpha value is -2.09. The van der Waals surface area contributed by atoms with Gasteiger partial charge >= 0.3 is 0 Å². The van der Waals surface area contributed by atoms with Gasteiger partial charge in [-0.1, -0.05) is 24.3 Å². The van der Waals surface area contributed by atoms with Crippen molar-refractivity contribution in [1.82, 2.24) is 0 Å². The van der Waals surface area contributed by atoms with Gasteiger partial charge < -0.3 is 15.5 Å². The Balaban J connectivity index is 2.38. The van der Waals surface area contributed by atoms with Crippen molar-refractivity contribution in [1.29, 1.82) is 5.26 Å². The highest BCUT2D eigenvalue weighted by Crippen LogP contribution is 2.26. The predicted octanol–water partition coefficient (Wildman–Crippen LogP) is 1.87. The van der Waals surface area contributed by atoms with Crippen LogP contribution in [-0.4, -0.2) is 29.0 Å². The molecule has 0 spiro atoms. The van der Waals surface area contributed by atoms with E-state index in [2.05, 4.69) is 11.4 Å². The summed E-state index contributed by atoms with van der Waals surface area (Å²) in [6.45, 7) is 1.49. The first kappa shape index (κ1) is 13.3. The smallest absolute Gasteiger partial charge is 0.102 e. The van der Waals surface area contributed by atoms with Gasteiger partial charge in [0, 0.05) is 23.0 Å². The number of hydrogen-bond acceptors (Lipinski definition) is 4. The minimum Gasteiger partial charge on any atom is -0.393 e. The number of hydrogen-bond donors (Lipinski definition) is 3. The van der Waals surface area contributed by atoms with E-state index in [4.69, 9.17) is 10.4 Å². The van der Waals surface area contributed by atoms with Gasteiger partial charge in [0.05, 0.1) is 18.2 Å². The summed E-state index contributed by atoms with van der Waals surface area (Å²) < 4.78 is 0. The summed E-state index contributed by atoms with van der Waals surface area (Å²) in [4.78, 5) is 0. The van der Waals surface area contributed by atoms with Crippen LogP contribution in [0.3, 0.4) is 0 Å². The summed E-state index contributed by atoms with van der Waals surface area (Å²) in [7, 11) is 0. The van der Waals surface area contributed by atoms with Crippen LogP contribution in [0, 0.1) is 11.3 Å². The number of rotatable bonds is 4. The average molecular weight is 256 g/mol. The van der Waals surface area contributed by atoms with Crippen LogP contribution in [0.1, 0.15) is 12.5 Å². The maximum atomic E-state index is 9.79. The highest BCUT2D eigenvalue weighted by atomic mass is 16.3. The molecule has 0 bridgehead atoms. The molecular weight excluding hydrogens is 240 g/mol. The third-order valence-electron chi connectivity index (χ3n) is 3.04. The molecule has 4 heteroatoms. The predicted molar refractivity (Wildman–Crippen MR) is 74.9 cm³/mol. The molecule has 0 saturated heterocycles. The normalized spacial score (nSPS) is 13.8. The Morgan fingerprint density at radius 2 is 1.89 bits per heavy atom. The van der Waals surface area contributed by atoms with Crippen LogP contribution in [0.5, 0.6) is 0 Å². The quantitative estimate of drug-likeness (QED) is 0.780. The number of fused-ring (bicyclic) bond motifs is 1. The molecule has 1 atom stereocenters. The SMILES string of the molecule is CC(O)(CO)CNc1ccc(C#N)c2ccccc12. The Kier molecular flexibility index (Phi) is 3.70. The van der Waals surface area contributed by atoms with Crippen molar-refractivity contribution in [3.05, 3.63) is 42.0 Å². The first-order valence-electron chi connectivity index (χ1n) is 6.06. The second-order valence-electron chi connectivity index (χ2n) is 4.83. The van der Waals surface area contributed by atoms with Crippen LogP contribution in [0.15, 0.2) is 36.4 Å². The Labute approximate surface area is 111 Å². The number of nitriles is 1. The monoisotopic (exact) mass is 256 g/mol. The summed E-state index contributed by atoms with van der Waals surface area (Å²) in [5.74, 6) is 0. The van der Waals surface area contributed by atoms with Crippen LogP contribution in [-0.2, 0) is 0 Å². The molecule has 2 aromatic rings. The van der Waals surface area contributed by atoms with Crippen LogP contribution in [0.2, 0.25) is 0 Å². The molecule has 1 unspecified atom stereocenters. The molecule has 0 radical (unpaired) electrons. The van der Waals surface area contributed by atoms with Crippen LogP contribution in [0.25, 0.3) is 10.8 Å². The van der Waals surface area contributed by atoms with Gasteiger partial charge in [0.2, 0.25) is 0 Å². The lowest BCUT2D eigenvalue weighted by atomic mass is 10.0. The van der Waals surface area contributed by atoms with Gasteiger partial charge in [0.1, 0.15) is 5.60 Å². The van der Waals surface area contributed by atoms with Crippen LogP contribution in [0.4, 0.5) is 5.69 Å². The van der Waals surface area contributed by atoms with Crippen molar-refractivity contribution >= 4 is 16.5 Å². The van der Waals surface area contributed by atoms with Crippen LogP contribution >= 0.6 is 0 Å². The Morgan fingerprint density at radius 1 is 1.21 bits per heavy atom. The first-order valence-corrected chi connectivity index (χ1v) is 6.06. The highest BCUT2D eigenvalue weighted by molar-refractivity contribution is 5.97. The van der Waals surface area contributed by atoms with E-state index >= 15 is 0 Å². The zero-order valence-corrected chi connectivity index (χ0v) is 10.7. The third-order valence-corrected chi connectivity index (χ3v) is 3.04. The molecule has 0 amide bonds. The molecule has 2 aromatic carbocycles. The van der Waals surface area contributed by atoms with Crippen molar-refractivity contribution in [3.8, 4) is 6.07 Å². The molecule has 0 aliphatic rings. The lowest BCUT2D eigenvalue weighted by Crippen LogP contribution is -2.37. The summed E-state index contributed by atoms with van der Waals surface area (Å²) in [6.07, 6.45) is 0. The van der Waals surface area contributed by atoms with E-state index in [1.165, 1.54) is 0 Å². The number of aliphatic hydroxyl groups excluding tert-OH is 1. The first-order chi connectivity index (χ1) is 9.07. The summed E-state index contributed by atoms with van der Waals surface area (Å²) >= 11 is 0. The lowest BCUT2D eigenvalue weighted by Gasteiger charge is -2.22. The fourth-order valence-corrected chi connectivity index (χ4v) is 1.89. The molecule has 4 nitrogen and oxygen atoms in total. The van der Waals surface area contributed by atoms with E-state index in [-0.39, 0.29) is 13.2 Å². The second kappa shape index (κ2) is 5.27. The summed E-state index contributed by atoms with van der Waals surface area (Å²) in [5.41, 5.74) is 0.285. The van der Waals surface area contributed by atoms with Gasteiger partial charge in [0.25, 0.3) is 0 Å². The molecule has 0 aliphatic heterocycles. The maximum Gasteiger partial charge on any atom is 0.102 e. The molecule has 0 heterocycles. The molecule has 3 N–H and O–H groups in total. The molecule has 0 aromatic heterocycles. The Morgan fingerprint density at radius 3 is 2.53 bits per heavy atom. The molecular formula is C15H16N2O2. The summed E-state index contributed by atoms with van der Waals surface area (Å²) in [5, 5.41) is 32.8. The zero-order chi connectivity index (χ0) is 13.9. The van der Waals surface area contributed by atoms with E-state index in [0.29, 0.717) is 5.56 Å². The number of benzene rings is 2. The van der Waals surface area contributed by atoms with Crippen molar-refractivity contribution < 1.29 is 10.2 Å². The standard InChI is InChI=1S/C15H16N2O2/c1-15(19,10-18)9-17-14-7-6-11(8-16)12-4-2-3-5-13(12)14/h2-7,17-19H,9-10H2,1H3. The highest BCUT2D eigenvalue weighted by Gasteiger charge is 2.18. The summed E-state index contributed by atoms with van der Waals surface area (Å²) in [6, 6.07) is 13.3. The maximum absolute atomic E-state index is 9.79. The number of aliphatic hydroxyl groups is 2. The molecule has 98 valence electrons. The molecule has 0 aliphatic carbocycles. The zero-order valence-electron chi connectivity index (χ0n) is 10.7. The van der Waals surface area contributed by atoms with Crippen molar-refractivity contribution in [2.24, 2.45) is 0 Å². The largest absolute Gasteiger partial charge is 0.393 e. The van der Waals surface area contributed by atoms with Gasteiger partial charge in [-0.25, -0.2) is 0 Å². The third kappa shape index (κ3) is 2.84. The van der Waals surface area contributed by atoms with Gasteiger partial charge in [-0.2, -0.15) is 5.26 Å². The van der Waals surface area contributed by atoms with E-state index in [1.54, 1.807) is 13.0 Å². The van der Waals surface area contributed by atoms with Gasteiger partial charge in [0.15, 0.2) is 0 Å². The van der Waals surface area contributed by atoms with Crippen LogP contribution < -0.4 is 5.32 Å². The molecule has 2 rings (SSSR count). The fraction of sp³-hybridized carbons (Fsp3) is 0.267. The molecule has 0 saturated carbocycles. The van der Waals surface area contributed by atoms with E-state index < -0.39 is 5.60 Å². The van der Waals surface area contributed by atoms with Gasteiger partial charge in [-0.05, 0) is 19.1 Å². The van der Waals surface area contributed by atoms with Gasteiger partial charge in [-0.15, -0.1) is 0 Å². The average Bonchev–Trinajstić information content (AvgIpc) is 2.44. The van der Waals surface area contributed by atoms with E-state index in [1.807, 2.05) is 30.3 Å². The fourth-order valence-electron chi connectivity index (χ4n) is 1.89. The lowest BCUT2D eigenvalue weighted by molar-refractivity contribution is 0.0132. The Bertz CT molecular complexity index is 630. The number of nitrogens with one attached hydrogen (secondary N) is 1.